The third-order valence-electron chi connectivity index (χ3n) is 6.03. The van der Waals surface area contributed by atoms with Crippen molar-refractivity contribution in [1.82, 2.24) is 0 Å². The first-order valence-corrected chi connectivity index (χ1v) is 10.2. The first kappa shape index (κ1) is 19.9. The predicted molar refractivity (Wildman–Crippen MR) is 112 cm³/mol. The first-order valence-electron chi connectivity index (χ1n) is 10.2. The molecule has 1 aliphatic heterocycles. The van der Waals surface area contributed by atoms with Gasteiger partial charge in [0.25, 0.3) is 0 Å². The number of hydrogen-bond donors (Lipinski definition) is 1. The van der Waals surface area contributed by atoms with Crippen molar-refractivity contribution < 1.29 is 13.6 Å². The van der Waals surface area contributed by atoms with E-state index >= 15 is 0 Å². The van der Waals surface area contributed by atoms with Crippen molar-refractivity contribution in [2.24, 2.45) is 5.41 Å². The number of rotatable bonds is 3. The third-order valence-corrected chi connectivity index (χ3v) is 6.03. The lowest BCUT2D eigenvalue weighted by Gasteiger charge is -2.32. The Kier molecular flexibility index (Phi) is 4.67. The molecule has 2 aromatic rings. The Hall–Kier alpha value is -2.43. The Morgan fingerprint density at radius 1 is 1.10 bits per heavy atom. The van der Waals surface area contributed by atoms with Gasteiger partial charge in [0.15, 0.2) is 0 Å². The summed E-state index contributed by atoms with van der Waals surface area (Å²) in [7, 11) is 0. The van der Waals surface area contributed by atoms with Crippen LogP contribution in [0.15, 0.2) is 24.3 Å². The maximum absolute atomic E-state index is 14.5. The van der Waals surface area contributed by atoms with Crippen molar-refractivity contribution in [1.29, 1.82) is 0 Å². The van der Waals surface area contributed by atoms with Gasteiger partial charge in [-0.2, -0.15) is 0 Å². The highest BCUT2D eigenvalue weighted by Crippen LogP contribution is 2.53. The second-order valence-electron chi connectivity index (χ2n) is 9.70. The van der Waals surface area contributed by atoms with E-state index in [0.717, 1.165) is 28.9 Å². The lowest BCUT2D eigenvalue weighted by atomic mass is 9.92. The van der Waals surface area contributed by atoms with Gasteiger partial charge in [-0.3, -0.25) is 4.79 Å². The Labute approximate surface area is 171 Å². The second kappa shape index (κ2) is 6.82. The van der Waals surface area contributed by atoms with Crippen molar-refractivity contribution in [2.75, 3.05) is 16.8 Å². The normalized spacial score (nSPS) is 20.2. The van der Waals surface area contributed by atoms with Crippen molar-refractivity contribution >= 4 is 17.3 Å². The molecule has 3 nitrogen and oxygen atoms in total. The lowest BCUT2D eigenvalue weighted by molar-refractivity contribution is -0.117. The third kappa shape index (κ3) is 3.52. The van der Waals surface area contributed by atoms with Gasteiger partial charge in [0.1, 0.15) is 11.6 Å². The highest BCUT2D eigenvalue weighted by atomic mass is 19.1. The molecule has 154 valence electrons. The van der Waals surface area contributed by atoms with Crippen LogP contribution in [0.4, 0.5) is 20.2 Å². The molecule has 2 bridgehead atoms. The molecule has 29 heavy (non-hydrogen) atoms. The van der Waals surface area contributed by atoms with E-state index < -0.39 is 0 Å². The summed E-state index contributed by atoms with van der Waals surface area (Å²) in [5, 5.41) is 3.05. The SMILES string of the molecule is Cc1cc(N2C[C@@H]3C[C@H]2c2c(F)ccc(F)c23)cc(C)c1NC(=O)CC(C)(C)C. The van der Waals surface area contributed by atoms with Crippen LogP contribution in [0.25, 0.3) is 0 Å². The maximum atomic E-state index is 14.5. The zero-order valence-electron chi connectivity index (χ0n) is 17.7. The number of carbonyl (C=O) groups is 1. The quantitative estimate of drug-likeness (QED) is 0.687. The summed E-state index contributed by atoms with van der Waals surface area (Å²) in [6.45, 7) is 10.8. The van der Waals surface area contributed by atoms with Gasteiger partial charge in [0.05, 0.1) is 6.04 Å². The van der Waals surface area contributed by atoms with E-state index in [1.165, 1.54) is 12.1 Å². The zero-order valence-corrected chi connectivity index (χ0v) is 17.7. The molecule has 2 atom stereocenters. The van der Waals surface area contributed by atoms with E-state index in [9.17, 15) is 13.6 Å². The molecule has 0 saturated carbocycles. The lowest BCUT2D eigenvalue weighted by Crippen LogP contribution is -2.29. The van der Waals surface area contributed by atoms with Crippen LogP contribution in [-0.4, -0.2) is 12.5 Å². The molecular formula is C24H28F2N2O. The van der Waals surface area contributed by atoms with Crippen LogP contribution in [-0.2, 0) is 4.79 Å². The minimum Gasteiger partial charge on any atom is -0.364 e. The molecule has 1 amide bonds. The van der Waals surface area contributed by atoms with E-state index in [-0.39, 0.29) is 34.9 Å². The molecule has 1 fully saturated rings. The fourth-order valence-electron chi connectivity index (χ4n) is 4.91. The van der Waals surface area contributed by atoms with Crippen LogP contribution in [0.2, 0.25) is 0 Å². The van der Waals surface area contributed by atoms with E-state index in [2.05, 4.69) is 10.2 Å². The van der Waals surface area contributed by atoms with E-state index in [4.69, 9.17) is 0 Å². The van der Waals surface area contributed by atoms with Gasteiger partial charge in [0, 0.05) is 41.4 Å². The number of anilines is 2. The van der Waals surface area contributed by atoms with Crippen LogP contribution in [0.1, 0.15) is 67.8 Å². The number of nitrogens with zero attached hydrogens (tertiary/aromatic N) is 1. The minimum atomic E-state index is -0.321. The number of hydrogen-bond acceptors (Lipinski definition) is 2. The molecular weight excluding hydrogens is 370 g/mol. The average Bonchev–Trinajstić information content (AvgIpc) is 3.19. The van der Waals surface area contributed by atoms with Crippen molar-refractivity contribution in [3.05, 3.63) is 58.2 Å². The van der Waals surface area contributed by atoms with Crippen LogP contribution in [0.5, 0.6) is 0 Å². The molecule has 0 radical (unpaired) electrons. The number of benzene rings is 2. The number of halogens is 2. The highest BCUT2D eigenvalue weighted by Gasteiger charge is 2.46. The highest BCUT2D eigenvalue weighted by molar-refractivity contribution is 5.93. The Balaban J connectivity index is 1.62. The summed E-state index contributed by atoms with van der Waals surface area (Å²) in [5.74, 6) is -0.587. The summed E-state index contributed by atoms with van der Waals surface area (Å²) in [6.07, 6.45) is 1.19. The van der Waals surface area contributed by atoms with Gasteiger partial charge in [-0.1, -0.05) is 20.8 Å². The number of nitrogens with one attached hydrogen (secondary N) is 1. The smallest absolute Gasteiger partial charge is 0.224 e. The van der Waals surface area contributed by atoms with Crippen LogP contribution >= 0.6 is 0 Å². The maximum Gasteiger partial charge on any atom is 0.224 e. The number of carbonyl (C=O) groups excluding carboxylic acids is 1. The Morgan fingerprint density at radius 2 is 1.69 bits per heavy atom. The van der Waals surface area contributed by atoms with E-state index in [1.807, 2.05) is 46.8 Å². The summed E-state index contributed by atoms with van der Waals surface area (Å²) in [6, 6.07) is 6.42. The largest absolute Gasteiger partial charge is 0.364 e. The summed E-state index contributed by atoms with van der Waals surface area (Å²) >= 11 is 0. The predicted octanol–water partition coefficient (Wildman–Crippen LogP) is 6.00. The van der Waals surface area contributed by atoms with E-state index in [0.29, 0.717) is 24.1 Å². The summed E-state index contributed by atoms with van der Waals surface area (Å²) in [4.78, 5) is 14.6. The molecule has 4 rings (SSSR count). The van der Waals surface area contributed by atoms with Gasteiger partial charge in [-0.05, 0) is 61.1 Å². The molecule has 1 aliphatic carbocycles. The van der Waals surface area contributed by atoms with E-state index in [1.54, 1.807) is 0 Å². The molecule has 1 heterocycles. The van der Waals surface area contributed by atoms with Crippen LogP contribution in [0, 0.1) is 30.9 Å². The molecule has 2 aromatic carbocycles. The molecule has 1 saturated heterocycles. The first-order chi connectivity index (χ1) is 13.5. The fourth-order valence-corrected chi connectivity index (χ4v) is 4.91. The Morgan fingerprint density at radius 3 is 2.28 bits per heavy atom. The van der Waals surface area contributed by atoms with Gasteiger partial charge in [-0.15, -0.1) is 0 Å². The Bertz CT molecular complexity index is 970. The summed E-state index contributed by atoms with van der Waals surface area (Å²) in [5.41, 5.74) is 4.79. The monoisotopic (exact) mass is 398 g/mol. The topological polar surface area (TPSA) is 32.3 Å². The fraction of sp³-hybridized carbons (Fsp3) is 0.458. The molecule has 0 unspecified atom stereocenters. The van der Waals surface area contributed by atoms with Gasteiger partial charge in [0.2, 0.25) is 5.91 Å². The van der Waals surface area contributed by atoms with Crippen molar-refractivity contribution in [3.8, 4) is 0 Å². The summed E-state index contributed by atoms with van der Waals surface area (Å²) < 4.78 is 28.7. The van der Waals surface area contributed by atoms with Crippen molar-refractivity contribution in [3.63, 3.8) is 0 Å². The van der Waals surface area contributed by atoms with Crippen molar-refractivity contribution in [2.45, 2.75) is 59.4 Å². The van der Waals surface area contributed by atoms with Gasteiger partial charge >= 0.3 is 0 Å². The molecule has 1 N–H and O–H groups in total. The number of amides is 1. The van der Waals surface area contributed by atoms with Crippen LogP contribution < -0.4 is 10.2 Å². The van der Waals surface area contributed by atoms with Crippen LogP contribution in [0.3, 0.4) is 0 Å². The van der Waals surface area contributed by atoms with Gasteiger partial charge in [-0.25, -0.2) is 8.78 Å². The average molecular weight is 398 g/mol. The van der Waals surface area contributed by atoms with Gasteiger partial charge < -0.3 is 10.2 Å². The second-order valence-corrected chi connectivity index (χ2v) is 9.70. The molecule has 2 aliphatic rings. The zero-order chi connectivity index (χ0) is 21.1. The number of fused-ring (bicyclic) bond motifs is 5. The molecule has 0 spiro atoms. The number of aryl methyl sites for hydroxylation is 2. The molecule has 5 heteroatoms. The standard InChI is InChI=1S/C24H28F2N2O/c1-13-8-16(9-14(2)23(13)27-20(29)11-24(3,4)5)28-12-15-10-19(28)22-18(26)7-6-17(25)21(15)22/h6-9,15,19H,10-12H2,1-5H3,(H,27,29)/t15-,19-/m0/s1. The molecule has 0 aromatic heterocycles. The minimum absolute atomic E-state index is 0.00292.